The molecule has 1 aliphatic carbocycles. The lowest BCUT2D eigenvalue weighted by Crippen LogP contribution is -2.45. The molecule has 1 atom stereocenters. The number of nitrogens with one attached hydrogen (secondary N) is 1. The molecule has 8 rings (SSSR count). The molecule has 0 unspecified atom stereocenters. The molecule has 2 aromatic carbocycles. The summed E-state index contributed by atoms with van der Waals surface area (Å²) in [6, 6.07) is 15.0. The van der Waals surface area contributed by atoms with E-state index in [1.807, 2.05) is 11.1 Å². The van der Waals surface area contributed by atoms with E-state index in [0.717, 1.165) is 67.3 Å². The van der Waals surface area contributed by atoms with E-state index in [0.29, 0.717) is 25.2 Å². The molecule has 4 aliphatic rings. The third-order valence-corrected chi connectivity index (χ3v) is 9.29. The summed E-state index contributed by atoms with van der Waals surface area (Å²) in [7, 11) is 0. The number of aryl methyl sites for hydroxylation is 1. The van der Waals surface area contributed by atoms with Crippen molar-refractivity contribution in [1.82, 2.24) is 20.2 Å². The van der Waals surface area contributed by atoms with E-state index in [4.69, 9.17) is 15.7 Å². The van der Waals surface area contributed by atoms with Crippen LogP contribution in [-0.4, -0.2) is 52.3 Å². The van der Waals surface area contributed by atoms with Crippen LogP contribution in [0.3, 0.4) is 0 Å². The third kappa shape index (κ3) is 3.08. The Hall–Kier alpha value is -3.98. The summed E-state index contributed by atoms with van der Waals surface area (Å²) in [5.74, 6) is 1.84. The second-order valence-corrected chi connectivity index (χ2v) is 11.2. The number of anilines is 4. The molecule has 5 heterocycles. The number of benzene rings is 2. The molecule has 0 saturated carbocycles. The Kier molecular flexibility index (Phi) is 4.65. The fourth-order valence-electron chi connectivity index (χ4n) is 7.19. The number of para-hydroxylation sites is 1. The minimum Gasteiger partial charge on any atom is -0.355 e. The van der Waals surface area contributed by atoms with Crippen molar-refractivity contribution < 1.29 is 4.79 Å². The van der Waals surface area contributed by atoms with Crippen molar-refractivity contribution in [2.45, 2.75) is 38.1 Å². The molecule has 1 spiro atoms. The lowest BCUT2D eigenvalue weighted by atomic mass is 9.73. The van der Waals surface area contributed by atoms with Gasteiger partial charge in [-0.15, -0.1) is 0 Å². The second-order valence-electron chi connectivity index (χ2n) is 11.2. The van der Waals surface area contributed by atoms with Crippen LogP contribution >= 0.6 is 0 Å². The molecular weight excluding hydrogens is 476 g/mol. The predicted octanol–water partition coefficient (Wildman–Crippen LogP) is 3.63. The zero-order valence-electron chi connectivity index (χ0n) is 21.2. The van der Waals surface area contributed by atoms with Crippen molar-refractivity contribution in [3.05, 3.63) is 65.4 Å². The van der Waals surface area contributed by atoms with Gasteiger partial charge in [-0.3, -0.25) is 9.89 Å². The first-order chi connectivity index (χ1) is 18.6. The van der Waals surface area contributed by atoms with Crippen molar-refractivity contribution in [1.29, 1.82) is 0 Å². The Balaban J connectivity index is 1.06. The molecule has 1 fully saturated rings. The highest BCUT2D eigenvalue weighted by molar-refractivity contribution is 6.03. The number of fused-ring (bicyclic) bond motifs is 2. The van der Waals surface area contributed by atoms with Crippen LogP contribution in [0.5, 0.6) is 0 Å². The predicted molar refractivity (Wildman–Crippen MR) is 147 cm³/mol. The molecule has 2 aromatic heterocycles. The van der Waals surface area contributed by atoms with E-state index >= 15 is 0 Å². The molecule has 38 heavy (non-hydrogen) atoms. The van der Waals surface area contributed by atoms with E-state index in [1.54, 1.807) is 0 Å². The van der Waals surface area contributed by atoms with Crippen LogP contribution in [0.1, 0.15) is 42.0 Å². The molecule has 4 aromatic rings. The maximum atomic E-state index is 12.6. The summed E-state index contributed by atoms with van der Waals surface area (Å²) in [6.45, 7) is 3.14. The molecule has 3 N–H and O–H groups in total. The van der Waals surface area contributed by atoms with Crippen LogP contribution in [0.25, 0.3) is 11.2 Å². The number of hydrogen-bond donors (Lipinski definition) is 2. The molecule has 3 aliphatic heterocycles. The first-order valence-electron chi connectivity index (χ1n) is 13.6. The maximum Gasteiger partial charge on any atom is 0.227 e. The summed E-state index contributed by atoms with van der Waals surface area (Å²) < 4.78 is 0. The number of amides is 1. The maximum absolute atomic E-state index is 12.6. The van der Waals surface area contributed by atoms with Crippen LogP contribution in [0.15, 0.2) is 48.7 Å². The van der Waals surface area contributed by atoms with Gasteiger partial charge in [0, 0.05) is 38.6 Å². The number of carbonyl (C=O) groups is 1. The first kappa shape index (κ1) is 22.0. The molecule has 9 nitrogen and oxygen atoms in total. The fraction of sp³-hybridized carbons (Fsp3) is 0.379. The Morgan fingerprint density at radius 3 is 2.63 bits per heavy atom. The van der Waals surface area contributed by atoms with Crippen molar-refractivity contribution in [2.75, 3.05) is 40.9 Å². The molecule has 0 bridgehead atoms. The average Bonchev–Trinajstić information content (AvgIpc) is 3.49. The van der Waals surface area contributed by atoms with Gasteiger partial charge < -0.3 is 20.4 Å². The fourth-order valence-corrected chi connectivity index (χ4v) is 7.19. The highest BCUT2D eigenvalue weighted by atomic mass is 16.2. The van der Waals surface area contributed by atoms with Gasteiger partial charge in [-0.1, -0.05) is 36.4 Å². The van der Waals surface area contributed by atoms with Gasteiger partial charge in [-0.25, -0.2) is 9.97 Å². The molecule has 1 saturated heterocycles. The summed E-state index contributed by atoms with van der Waals surface area (Å²) in [4.78, 5) is 28.8. The Morgan fingerprint density at radius 1 is 0.947 bits per heavy atom. The smallest absolute Gasteiger partial charge is 0.227 e. The van der Waals surface area contributed by atoms with Gasteiger partial charge in [0.15, 0.2) is 17.0 Å². The van der Waals surface area contributed by atoms with Crippen LogP contribution in [-0.2, 0) is 17.6 Å². The normalized spacial score (nSPS) is 21.8. The molecule has 1 amide bonds. The number of hydrogen-bond acceptors (Lipinski definition) is 7. The molecular formula is C29H30N8O. The van der Waals surface area contributed by atoms with Crippen LogP contribution < -0.4 is 20.4 Å². The Labute approximate surface area is 220 Å². The number of rotatable bonds is 2. The standard InChI is InChI=1S/C29H30N8O/c30-26-20-6-2-1-4-19(20)16-29(26)10-12-35(13-11-29)22-17-31-24-27(32-22)33-34-28(24)36-14-15-37-23(38)9-8-18-5-3-7-21(36)25(18)37/h1-7,17,26H,8-16,30H2,(H,32,33,34)/t26-/m1/s1. The van der Waals surface area contributed by atoms with Gasteiger partial charge in [0.05, 0.1) is 17.6 Å². The highest BCUT2D eigenvalue weighted by Gasteiger charge is 2.46. The van der Waals surface area contributed by atoms with Gasteiger partial charge in [0.2, 0.25) is 5.91 Å². The summed E-state index contributed by atoms with van der Waals surface area (Å²) in [5, 5.41) is 7.78. The second kappa shape index (κ2) is 8.01. The van der Waals surface area contributed by atoms with Gasteiger partial charge in [0.1, 0.15) is 5.82 Å². The lowest BCUT2D eigenvalue weighted by Gasteiger charge is -2.42. The largest absolute Gasteiger partial charge is 0.355 e. The van der Waals surface area contributed by atoms with Gasteiger partial charge in [-0.05, 0) is 53.9 Å². The number of aromatic nitrogens is 4. The van der Waals surface area contributed by atoms with E-state index in [1.165, 1.54) is 16.7 Å². The Bertz CT molecular complexity index is 1590. The summed E-state index contributed by atoms with van der Waals surface area (Å²) in [5.41, 5.74) is 14.3. The summed E-state index contributed by atoms with van der Waals surface area (Å²) in [6.07, 6.45) is 6.38. The molecule has 192 valence electrons. The first-order valence-corrected chi connectivity index (χ1v) is 13.6. The number of aromatic amines is 1. The van der Waals surface area contributed by atoms with Crippen LogP contribution in [0.2, 0.25) is 0 Å². The third-order valence-electron chi connectivity index (χ3n) is 9.29. The van der Waals surface area contributed by atoms with E-state index in [2.05, 4.69) is 62.5 Å². The summed E-state index contributed by atoms with van der Waals surface area (Å²) >= 11 is 0. The zero-order chi connectivity index (χ0) is 25.4. The number of H-pyrrole nitrogens is 1. The number of nitrogens with zero attached hydrogens (tertiary/aromatic N) is 6. The average molecular weight is 507 g/mol. The lowest BCUT2D eigenvalue weighted by molar-refractivity contribution is -0.118. The topological polar surface area (TPSA) is 107 Å². The van der Waals surface area contributed by atoms with Crippen molar-refractivity contribution in [2.24, 2.45) is 11.1 Å². The van der Waals surface area contributed by atoms with Gasteiger partial charge in [-0.2, -0.15) is 5.10 Å². The monoisotopic (exact) mass is 506 g/mol. The van der Waals surface area contributed by atoms with Crippen molar-refractivity contribution in [3.8, 4) is 0 Å². The molecule has 0 radical (unpaired) electrons. The Morgan fingerprint density at radius 2 is 1.76 bits per heavy atom. The van der Waals surface area contributed by atoms with Crippen molar-refractivity contribution >= 4 is 40.1 Å². The van der Waals surface area contributed by atoms with Crippen LogP contribution in [0, 0.1) is 5.41 Å². The van der Waals surface area contributed by atoms with E-state index in [-0.39, 0.29) is 17.4 Å². The van der Waals surface area contributed by atoms with Gasteiger partial charge >= 0.3 is 0 Å². The van der Waals surface area contributed by atoms with Crippen molar-refractivity contribution in [3.63, 3.8) is 0 Å². The molecule has 9 heteroatoms. The SMILES string of the molecule is N[C@@H]1c2ccccc2CC12CCN(c1cnc3c(N4CCN5C(=O)CCc6cccc4c65)n[nH]c3n1)CC2. The number of piperidine rings is 1. The number of nitrogens with two attached hydrogens (primary N) is 1. The number of carbonyl (C=O) groups excluding carboxylic acids is 1. The van der Waals surface area contributed by atoms with E-state index < -0.39 is 0 Å². The quantitative estimate of drug-likeness (QED) is 0.428. The van der Waals surface area contributed by atoms with Gasteiger partial charge in [0.25, 0.3) is 0 Å². The van der Waals surface area contributed by atoms with Crippen LogP contribution in [0.4, 0.5) is 23.0 Å². The van der Waals surface area contributed by atoms with E-state index in [9.17, 15) is 4.79 Å². The zero-order valence-corrected chi connectivity index (χ0v) is 21.2. The minimum absolute atomic E-state index is 0.101. The minimum atomic E-state index is 0.101. The highest BCUT2D eigenvalue weighted by Crippen LogP contribution is 2.51.